The number of phenolic OH excluding ortho intramolecular Hbond substituents is 2. The molecule has 2 aromatic carbocycles. The van der Waals surface area contributed by atoms with Crippen LogP contribution in [-0.2, 0) is 4.74 Å². The molecule has 12 nitrogen and oxygen atoms in total. The van der Waals surface area contributed by atoms with Gasteiger partial charge in [-0.25, -0.2) is 0 Å². The minimum Gasteiger partial charge on any atom is -0.507 e. The molecule has 1 saturated heterocycles. The summed E-state index contributed by atoms with van der Waals surface area (Å²) in [5.74, 6) is -1.05. The molecule has 12 heteroatoms. The van der Waals surface area contributed by atoms with Gasteiger partial charge in [-0.05, 0) is 12.1 Å². The topological polar surface area (TPSA) is 189 Å². The number of benzene rings is 2. The molecule has 0 spiro atoms. The van der Waals surface area contributed by atoms with E-state index in [1.54, 1.807) is 0 Å². The quantitative estimate of drug-likeness (QED) is 0.272. The molecule has 35 heavy (non-hydrogen) atoms. The van der Waals surface area contributed by atoms with Crippen molar-refractivity contribution in [1.29, 1.82) is 0 Å². The maximum absolute atomic E-state index is 12.8. The average Bonchev–Trinajstić information content (AvgIpc) is 2.84. The molecule has 0 radical (unpaired) electrons. The lowest BCUT2D eigenvalue weighted by atomic mass is 9.99. The molecule has 1 fully saturated rings. The molecule has 3 aromatic rings. The first kappa shape index (κ1) is 24.6. The van der Waals surface area contributed by atoms with Crippen LogP contribution in [0.1, 0.15) is 0 Å². The van der Waals surface area contributed by atoms with Gasteiger partial charge in [-0.1, -0.05) is 6.07 Å². The Hall–Kier alpha value is -3.55. The van der Waals surface area contributed by atoms with Crippen molar-refractivity contribution in [3.8, 4) is 40.1 Å². The zero-order valence-electron chi connectivity index (χ0n) is 18.6. The second-order valence-corrected chi connectivity index (χ2v) is 7.78. The number of methoxy groups -OCH3 is 2. The zero-order valence-corrected chi connectivity index (χ0v) is 18.6. The van der Waals surface area contributed by atoms with Crippen molar-refractivity contribution in [2.24, 2.45) is 0 Å². The van der Waals surface area contributed by atoms with E-state index >= 15 is 0 Å². The molecule has 1 aliphatic rings. The number of para-hydroxylation sites is 1. The van der Waals surface area contributed by atoms with Crippen LogP contribution in [0.2, 0.25) is 0 Å². The second-order valence-electron chi connectivity index (χ2n) is 7.78. The average molecular weight is 492 g/mol. The third-order valence-electron chi connectivity index (χ3n) is 5.68. The van der Waals surface area contributed by atoms with Crippen molar-refractivity contribution in [2.75, 3.05) is 20.8 Å². The predicted molar refractivity (Wildman–Crippen MR) is 119 cm³/mol. The van der Waals surface area contributed by atoms with Crippen LogP contribution in [-0.4, -0.2) is 82.2 Å². The molecule has 1 aliphatic heterocycles. The number of aliphatic hydroxyl groups excluding tert-OH is 4. The van der Waals surface area contributed by atoms with E-state index in [1.165, 1.54) is 38.5 Å². The fourth-order valence-corrected chi connectivity index (χ4v) is 3.85. The highest BCUT2D eigenvalue weighted by atomic mass is 16.7. The van der Waals surface area contributed by atoms with E-state index in [9.17, 15) is 35.4 Å². The van der Waals surface area contributed by atoms with E-state index in [2.05, 4.69) is 0 Å². The normalized spacial score (nSPS) is 24.3. The summed E-state index contributed by atoms with van der Waals surface area (Å²) in [5.41, 5.74) is -0.735. The van der Waals surface area contributed by atoms with Crippen LogP contribution in [0.4, 0.5) is 0 Å². The number of ether oxygens (including phenoxy) is 4. The Morgan fingerprint density at radius 3 is 2.37 bits per heavy atom. The maximum atomic E-state index is 12.8. The minimum atomic E-state index is -1.70. The first-order valence-corrected chi connectivity index (χ1v) is 10.4. The molecule has 188 valence electrons. The lowest BCUT2D eigenvalue weighted by Crippen LogP contribution is -2.60. The zero-order chi connectivity index (χ0) is 25.4. The summed E-state index contributed by atoms with van der Waals surface area (Å²) in [7, 11) is 2.67. The number of hydrogen-bond acceptors (Lipinski definition) is 12. The Labute approximate surface area is 197 Å². The Bertz CT molecular complexity index is 1280. The largest absolute Gasteiger partial charge is 0.507 e. The van der Waals surface area contributed by atoms with E-state index in [1.807, 2.05) is 0 Å². The van der Waals surface area contributed by atoms with Gasteiger partial charge in [-0.2, -0.15) is 0 Å². The van der Waals surface area contributed by atoms with Gasteiger partial charge < -0.3 is 54.0 Å². The van der Waals surface area contributed by atoms with Crippen molar-refractivity contribution in [2.45, 2.75) is 30.7 Å². The van der Waals surface area contributed by atoms with Crippen molar-refractivity contribution in [3.63, 3.8) is 0 Å². The number of phenols is 2. The van der Waals surface area contributed by atoms with Crippen LogP contribution < -0.4 is 19.6 Å². The van der Waals surface area contributed by atoms with Crippen molar-refractivity contribution >= 4 is 11.0 Å². The summed E-state index contributed by atoms with van der Waals surface area (Å²) in [6.45, 7) is -0.656. The van der Waals surface area contributed by atoms with Crippen LogP contribution >= 0.6 is 0 Å². The summed E-state index contributed by atoms with van der Waals surface area (Å²) in [4.78, 5) is 12.8. The highest BCUT2D eigenvalue weighted by Gasteiger charge is 2.45. The fourth-order valence-electron chi connectivity index (χ4n) is 3.85. The van der Waals surface area contributed by atoms with Gasteiger partial charge in [0.05, 0.1) is 26.4 Å². The Morgan fingerprint density at radius 1 is 0.971 bits per heavy atom. The Balaban J connectivity index is 1.77. The number of rotatable bonds is 6. The van der Waals surface area contributed by atoms with Crippen molar-refractivity contribution in [3.05, 3.63) is 40.6 Å². The van der Waals surface area contributed by atoms with Gasteiger partial charge in [0.25, 0.3) is 0 Å². The first-order valence-electron chi connectivity index (χ1n) is 10.4. The van der Waals surface area contributed by atoms with Gasteiger partial charge in [0.2, 0.25) is 12.0 Å². The van der Waals surface area contributed by atoms with E-state index < -0.39 is 48.5 Å². The van der Waals surface area contributed by atoms with Crippen LogP contribution in [0, 0.1) is 0 Å². The molecule has 4 rings (SSSR count). The van der Waals surface area contributed by atoms with Crippen molar-refractivity contribution < 1.29 is 54.0 Å². The van der Waals surface area contributed by atoms with E-state index in [4.69, 9.17) is 23.4 Å². The molecule has 6 N–H and O–H groups in total. The summed E-state index contributed by atoms with van der Waals surface area (Å²) in [5, 5.41) is 60.4. The smallest absolute Gasteiger partial charge is 0.229 e. The Morgan fingerprint density at radius 2 is 1.71 bits per heavy atom. The maximum Gasteiger partial charge on any atom is 0.229 e. The molecular weight excluding hydrogens is 468 g/mol. The SMILES string of the molecule is COc1cc(O)c2c(=O)cc(-c3cccc(O[C@@H]4O[C@H](CO)[C@@H](O)[C@@H](O)[C@H]4O)c3O)oc2c1OC. The molecular formula is C23H24O12. The molecule has 0 saturated carbocycles. The van der Waals surface area contributed by atoms with Gasteiger partial charge in [-0.15, -0.1) is 0 Å². The van der Waals surface area contributed by atoms with E-state index in [-0.39, 0.29) is 45.3 Å². The van der Waals surface area contributed by atoms with Crippen molar-refractivity contribution in [1.82, 2.24) is 0 Å². The van der Waals surface area contributed by atoms with Gasteiger partial charge in [0.1, 0.15) is 41.3 Å². The molecule has 1 aromatic heterocycles. The standard InChI is InChI=1S/C23H24O12/c1-31-14-7-11(26)16-10(25)6-13(33-22(16)21(14)32-2)9-4-3-5-12(17(9)27)34-23-20(30)19(29)18(28)15(8-24)35-23/h3-7,15,18-20,23-24,26-30H,8H2,1-2H3/t15-,18-,19-,20-,23-/m1/s1. The minimum absolute atomic E-state index is 0.00968. The molecule has 5 atom stereocenters. The van der Waals surface area contributed by atoms with E-state index in [0.29, 0.717) is 0 Å². The molecule has 2 heterocycles. The molecule has 0 aliphatic carbocycles. The van der Waals surface area contributed by atoms with E-state index in [0.717, 1.165) is 6.07 Å². The number of aromatic hydroxyl groups is 2. The fraction of sp³-hybridized carbons (Fsp3) is 0.348. The summed E-state index contributed by atoms with van der Waals surface area (Å²) >= 11 is 0. The number of fused-ring (bicyclic) bond motifs is 1. The van der Waals surface area contributed by atoms with Crippen LogP contribution in [0.5, 0.6) is 28.7 Å². The number of aliphatic hydroxyl groups is 4. The van der Waals surface area contributed by atoms with Crippen LogP contribution in [0.25, 0.3) is 22.3 Å². The van der Waals surface area contributed by atoms with Gasteiger partial charge >= 0.3 is 0 Å². The molecule has 0 bridgehead atoms. The molecule has 0 amide bonds. The van der Waals surface area contributed by atoms with Gasteiger partial charge in [-0.3, -0.25) is 4.79 Å². The highest BCUT2D eigenvalue weighted by molar-refractivity contribution is 5.92. The van der Waals surface area contributed by atoms with Crippen LogP contribution in [0.3, 0.4) is 0 Å². The van der Waals surface area contributed by atoms with Crippen LogP contribution in [0.15, 0.2) is 39.5 Å². The lowest BCUT2D eigenvalue weighted by molar-refractivity contribution is -0.277. The number of hydrogen-bond donors (Lipinski definition) is 6. The summed E-state index contributed by atoms with van der Waals surface area (Å²) in [6, 6.07) is 6.48. The monoisotopic (exact) mass is 492 g/mol. The third-order valence-corrected chi connectivity index (χ3v) is 5.68. The predicted octanol–water partition coefficient (Wildman–Crippen LogP) is 0.0671. The molecule has 0 unspecified atom stereocenters. The first-order chi connectivity index (χ1) is 16.7. The third kappa shape index (κ3) is 4.22. The highest BCUT2D eigenvalue weighted by Crippen LogP contribution is 2.43. The summed E-state index contributed by atoms with van der Waals surface area (Å²) < 4.78 is 27.1. The lowest BCUT2D eigenvalue weighted by Gasteiger charge is -2.39. The van der Waals surface area contributed by atoms with Gasteiger partial charge in [0, 0.05) is 12.1 Å². The van der Waals surface area contributed by atoms with Gasteiger partial charge in [0.15, 0.2) is 28.3 Å². The Kier molecular flexibility index (Phi) is 6.74. The second kappa shape index (κ2) is 9.60. The summed E-state index contributed by atoms with van der Waals surface area (Å²) in [6.07, 6.45) is -7.71.